The molecule has 0 N–H and O–H groups in total. The van der Waals surface area contributed by atoms with Crippen LogP contribution in [0.1, 0.15) is 77.6 Å². The van der Waals surface area contributed by atoms with Crippen LogP contribution in [0.15, 0.2) is 21.2 Å². The lowest BCUT2D eigenvalue weighted by atomic mass is 9.91. The Balaban J connectivity index is 1.45. The molecule has 0 spiro atoms. The first-order valence-corrected chi connectivity index (χ1v) is 10.5. The molecular formula is C21H21F3N4O3. The molecule has 3 aromatic heterocycles. The normalized spacial score (nSPS) is 19.9. The summed E-state index contributed by atoms with van der Waals surface area (Å²) in [5.41, 5.74) is -0.178. The first-order valence-electron chi connectivity index (χ1n) is 10.5. The Morgan fingerprint density at radius 1 is 1.16 bits per heavy atom. The number of piperidine rings is 1. The van der Waals surface area contributed by atoms with Crippen molar-refractivity contribution in [3.05, 3.63) is 40.5 Å². The number of nitrogens with zero attached hydrogens (tertiary/aromatic N) is 4. The Morgan fingerprint density at radius 2 is 1.97 bits per heavy atom. The zero-order chi connectivity index (χ0) is 21.8. The van der Waals surface area contributed by atoms with Gasteiger partial charge in [-0.05, 0) is 38.2 Å². The third kappa shape index (κ3) is 3.68. The van der Waals surface area contributed by atoms with E-state index < -0.39 is 11.7 Å². The Hall–Kier alpha value is -2.91. The molecule has 2 fully saturated rings. The number of carbonyl (C=O) groups excluding carboxylic acids is 1. The van der Waals surface area contributed by atoms with Crippen molar-refractivity contribution in [1.29, 1.82) is 0 Å². The maximum Gasteiger partial charge on any atom is 0.417 e. The number of aryl methyl sites for hydroxylation is 1. The Labute approximate surface area is 175 Å². The molecule has 1 saturated carbocycles. The third-order valence-electron chi connectivity index (χ3n) is 6.02. The lowest BCUT2D eigenvalue weighted by Crippen LogP contribution is -2.39. The van der Waals surface area contributed by atoms with Crippen LogP contribution in [0.5, 0.6) is 0 Å². The number of likely N-dealkylation sites (tertiary alicyclic amines) is 1. The molecule has 5 rings (SSSR count). The number of fused-ring (bicyclic) bond motifs is 1. The van der Waals surface area contributed by atoms with Crippen LogP contribution in [-0.2, 0) is 12.6 Å². The van der Waals surface area contributed by atoms with E-state index in [1.807, 2.05) is 0 Å². The van der Waals surface area contributed by atoms with Crippen molar-refractivity contribution >= 4 is 17.0 Å². The molecule has 2 aliphatic rings. The number of hydrogen-bond donors (Lipinski definition) is 0. The number of pyridine rings is 1. The molecular weight excluding hydrogens is 413 g/mol. The average Bonchev–Trinajstić information content (AvgIpc) is 3.33. The van der Waals surface area contributed by atoms with Gasteiger partial charge in [-0.15, -0.1) is 0 Å². The fourth-order valence-corrected chi connectivity index (χ4v) is 4.20. The molecule has 1 amide bonds. The standard InChI is InChI=1S/C21H21F3N4O3/c1-2-13-8-14(21(22,23)24)17-18(27-31-19(17)25-13)12-4-3-7-28(10-12)20(29)15-9-16(30-26-15)11-5-6-11/h8-9,11-12H,2-7,10H2,1H3. The number of alkyl halides is 3. The fraction of sp³-hybridized carbons (Fsp3) is 0.524. The van der Waals surface area contributed by atoms with E-state index in [4.69, 9.17) is 9.05 Å². The minimum absolute atomic E-state index is 0.110. The van der Waals surface area contributed by atoms with Crippen LogP contribution in [0, 0.1) is 0 Å². The quantitative estimate of drug-likeness (QED) is 0.592. The van der Waals surface area contributed by atoms with Crippen LogP contribution >= 0.6 is 0 Å². The zero-order valence-electron chi connectivity index (χ0n) is 16.9. The van der Waals surface area contributed by atoms with Gasteiger partial charge in [0.15, 0.2) is 5.69 Å². The van der Waals surface area contributed by atoms with Crippen LogP contribution in [0.25, 0.3) is 11.1 Å². The fourth-order valence-electron chi connectivity index (χ4n) is 4.20. The topological polar surface area (TPSA) is 85.3 Å². The van der Waals surface area contributed by atoms with Crippen molar-refractivity contribution in [2.24, 2.45) is 0 Å². The van der Waals surface area contributed by atoms with Crippen molar-refractivity contribution in [3.8, 4) is 0 Å². The molecule has 1 atom stereocenters. The molecule has 164 valence electrons. The summed E-state index contributed by atoms with van der Waals surface area (Å²) in [6.45, 7) is 2.47. The average molecular weight is 434 g/mol. The van der Waals surface area contributed by atoms with E-state index in [0.717, 1.165) is 18.9 Å². The number of amides is 1. The van der Waals surface area contributed by atoms with Gasteiger partial charge in [-0.2, -0.15) is 13.2 Å². The summed E-state index contributed by atoms with van der Waals surface area (Å²) < 4.78 is 51.8. The van der Waals surface area contributed by atoms with E-state index in [2.05, 4.69) is 15.3 Å². The van der Waals surface area contributed by atoms with E-state index in [1.54, 1.807) is 17.9 Å². The second-order valence-corrected chi connectivity index (χ2v) is 8.24. The maximum absolute atomic E-state index is 13.8. The van der Waals surface area contributed by atoms with Crippen molar-refractivity contribution in [2.45, 2.75) is 57.0 Å². The molecule has 4 heterocycles. The van der Waals surface area contributed by atoms with Gasteiger partial charge in [-0.1, -0.05) is 17.2 Å². The molecule has 1 saturated heterocycles. The van der Waals surface area contributed by atoms with Gasteiger partial charge < -0.3 is 13.9 Å². The second-order valence-electron chi connectivity index (χ2n) is 8.24. The third-order valence-corrected chi connectivity index (χ3v) is 6.02. The molecule has 1 unspecified atom stereocenters. The van der Waals surface area contributed by atoms with Gasteiger partial charge >= 0.3 is 6.18 Å². The predicted molar refractivity (Wildman–Crippen MR) is 103 cm³/mol. The molecule has 3 aromatic rings. The summed E-state index contributed by atoms with van der Waals surface area (Å²) in [6.07, 6.45) is -0.909. The summed E-state index contributed by atoms with van der Waals surface area (Å²) in [5.74, 6) is 0.387. The van der Waals surface area contributed by atoms with Gasteiger partial charge in [-0.25, -0.2) is 4.98 Å². The Bertz CT molecular complexity index is 1130. The molecule has 0 aromatic carbocycles. The first kappa shape index (κ1) is 20.0. The van der Waals surface area contributed by atoms with Crippen LogP contribution in [0.3, 0.4) is 0 Å². The number of hydrogen-bond acceptors (Lipinski definition) is 6. The summed E-state index contributed by atoms with van der Waals surface area (Å²) in [5, 5.41) is 7.75. The van der Waals surface area contributed by atoms with Crippen LogP contribution in [0.2, 0.25) is 0 Å². The number of halogens is 3. The van der Waals surface area contributed by atoms with E-state index in [0.29, 0.717) is 43.2 Å². The summed E-state index contributed by atoms with van der Waals surface area (Å²) >= 11 is 0. The predicted octanol–water partition coefficient (Wildman–Crippen LogP) is 4.69. The largest absolute Gasteiger partial charge is 0.417 e. The zero-order valence-corrected chi connectivity index (χ0v) is 16.9. The second kappa shape index (κ2) is 7.35. The molecule has 1 aliphatic carbocycles. The molecule has 7 nitrogen and oxygen atoms in total. The van der Waals surface area contributed by atoms with Gasteiger partial charge in [-0.3, -0.25) is 4.79 Å². The van der Waals surface area contributed by atoms with Gasteiger partial charge in [0.1, 0.15) is 5.76 Å². The summed E-state index contributed by atoms with van der Waals surface area (Å²) in [7, 11) is 0. The van der Waals surface area contributed by atoms with Crippen LogP contribution in [-0.4, -0.2) is 39.2 Å². The van der Waals surface area contributed by atoms with Crippen molar-refractivity contribution in [2.75, 3.05) is 13.1 Å². The van der Waals surface area contributed by atoms with Gasteiger partial charge in [0, 0.05) is 36.7 Å². The molecule has 1 aliphatic heterocycles. The highest BCUT2D eigenvalue weighted by molar-refractivity contribution is 5.92. The van der Waals surface area contributed by atoms with Gasteiger partial charge in [0.05, 0.1) is 16.6 Å². The molecule has 10 heteroatoms. The van der Waals surface area contributed by atoms with Crippen LogP contribution in [0.4, 0.5) is 13.2 Å². The van der Waals surface area contributed by atoms with Gasteiger partial charge in [0.25, 0.3) is 11.6 Å². The number of aromatic nitrogens is 3. The number of carbonyl (C=O) groups is 1. The minimum atomic E-state index is -4.56. The maximum atomic E-state index is 13.8. The van der Waals surface area contributed by atoms with E-state index >= 15 is 0 Å². The van der Waals surface area contributed by atoms with E-state index in [9.17, 15) is 18.0 Å². The monoisotopic (exact) mass is 434 g/mol. The lowest BCUT2D eigenvalue weighted by molar-refractivity contribution is -0.136. The van der Waals surface area contributed by atoms with Crippen molar-refractivity contribution in [1.82, 2.24) is 20.2 Å². The first-order chi connectivity index (χ1) is 14.8. The molecule has 0 bridgehead atoms. The summed E-state index contributed by atoms with van der Waals surface area (Å²) in [4.78, 5) is 18.7. The van der Waals surface area contributed by atoms with Gasteiger partial charge in [0.2, 0.25) is 0 Å². The van der Waals surface area contributed by atoms with Crippen molar-refractivity contribution in [3.63, 3.8) is 0 Å². The van der Waals surface area contributed by atoms with Crippen molar-refractivity contribution < 1.29 is 27.0 Å². The van der Waals surface area contributed by atoms with E-state index in [-0.39, 0.29) is 40.9 Å². The van der Waals surface area contributed by atoms with Crippen LogP contribution < -0.4 is 0 Å². The molecule has 0 radical (unpaired) electrons. The summed E-state index contributed by atoms with van der Waals surface area (Å²) in [6, 6.07) is 2.73. The Kier molecular flexibility index (Phi) is 4.75. The minimum Gasteiger partial charge on any atom is -0.360 e. The highest BCUT2D eigenvalue weighted by atomic mass is 19.4. The highest BCUT2D eigenvalue weighted by Gasteiger charge is 2.38. The lowest BCUT2D eigenvalue weighted by Gasteiger charge is -2.31. The Morgan fingerprint density at radius 3 is 2.68 bits per heavy atom. The SMILES string of the molecule is CCc1cc(C(F)(F)F)c2c(C3CCCN(C(=O)c4cc(C5CC5)on4)C3)noc2n1. The smallest absolute Gasteiger partial charge is 0.360 e. The molecule has 31 heavy (non-hydrogen) atoms. The highest BCUT2D eigenvalue weighted by Crippen LogP contribution is 2.41. The number of rotatable bonds is 4. The van der Waals surface area contributed by atoms with E-state index in [1.165, 1.54) is 0 Å².